The molecule has 0 bridgehead atoms. The second-order valence-electron chi connectivity index (χ2n) is 15.9. The fourth-order valence-corrected chi connectivity index (χ4v) is 5.81. The number of H-pyrrole nitrogens is 2. The third-order valence-corrected chi connectivity index (χ3v) is 9.14. The maximum atomic E-state index is 13.0. The van der Waals surface area contributed by atoms with Gasteiger partial charge in [-0.25, -0.2) is 14.2 Å². The molecule has 0 saturated heterocycles. The number of para-hydroxylation sites is 2. The Hall–Kier alpha value is -7.02. The first kappa shape index (κ1) is 42.1. The number of fused-ring (bicyclic) bond motifs is 2. The van der Waals surface area contributed by atoms with Crippen molar-refractivity contribution >= 4 is 45.3 Å². The number of amides is 1. The molecule has 8 aromatic rings. The number of aromatic nitrogens is 8. The van der Waals surface area contributed by atoms with Crippen LogP contribution in [0.5, 0.6) is 0 Å². The van der Waals surface area contributed by atoms with E-state index in [0.717, 1.165) is 39.2 Å². The number of hydrogen-bond acceptors (Lipinski definition) is 7. The topological polar surface area (TPSA) is 185 Å². The van der Waals surface area contributed by atoms with E-state index in [1.807, 2.05) is 85.8 Å². The molecule has 0 spiro atoms. The van der Waals surface area contributed by atoms with Crippen LogP contribution in [0, 0.1) is 13.8 Å². The van der Waals surface area contributed by atoms with Crippen LogP contribution in [-0.2, 0) is 10.8 Å². The van der Waals surface area contributed by atoms with E-state index in [9.17, 15) is 9.59 Å². The van der Waals surface area contributed by atoms with Gasteiger partial charge in [-0.05, 0) is 50.2 Å². The predicted molar refractivity (Wildman–Crippen MR) is 232 cm³/mol. The van der Waals surface area contributed by atoms with E-state index < -0.39 is 5.97 Å². The lowest BCUT2D eigenvalue weighted by Gasteiger charge is -2.14. The molecule has 0 unspecified atom stereocenters. The highest BCUT2D eigenvalue weighted by Crippen LogP contribution is 2.28. The number of carboxylic acid groups (broad SMARTS) is 1. The van der Waals surface area contributed by atoms with Gasteiger partial charge in [-0.15, -0.1) is 0 Å². The molecule has 0 aliphatic rings. The number of hydrogen-bond donors (Lipinski definition) is 5. The van der Waals surface area contributed by atoms with Gasteiger partial charge in [0.05, 0.1) is 33.8 Å². The Morgan fingerprint density at radius 1 is 0.638 bits per heavy atom. The first-order valence-electron chi connectivity index (χ1n) is 18.5. The minimum absolute atomic E-state index is 0. The fraction of sp³-hybridized carbons (Fsp3) is 0.244. The first-order chi connectivity index (χ1) is 27.0. The second kappa shape index (κ2) is 17.0. The molecule has 300 valence electrons. The van der Waals surface area contributed by atoms with Gasteiger partial charge in [0.2, 0.25) is 0 Å². The Labute approximate surface area is 338 Å². The molecule has 0 aliphatic carbocycles. The van der Waals surface area contributed by atoms with Gasteiger partial charge in [0.15, 0.2) is 11.4 Å². The zero-order chi connectivity index (χ0) is 41.1. The van der Waals surface area contributed by atoms with Gasteiger partial charge >= 0.3 is 5.97 Å². The van der Waals surface area contributed by atoms with Gasteiger partial charge < -0.3 is 16.2 Å². The van der Waals surface area contributed by atoms with Crippen molar-refractivity contribution < 1.29 is 14.7 Å². The van der Waals surface area contributed by atoms with Gasteiger partial charge in [-0.3, -0.25) is 15.0 Å². The van der Waals surface area contributed by atoms with E-state index >= 15 is 0 Å². The zero-order valence-electron chi connectivity index (χ0n) is 33.4. The summed E-state index contributed by atoms with van der Waals surface area (Å²) in [7, 11) is 0. The van der Waals surface area contributed by atoms with Gasteiger partial charge in [-0.1, -0.05) is 121 Å². The van der Waals surface area contributed by atoms with Crippen molar-refractivity contribution in [2.45, 2.75) is 73.6 Å². The lowest BCUT2D eigenvalue weighted by atomic mass is 9.92. The molecule has 0 saturated carbocycles. The number of carbonyl (C=O) groups excluding carboxylic acids is 1. The number of carboxylic acids is 1. The van der Waals surface area contributed by atoms with Crippen LogP contribution in [0.4, 0.5) is 11.6 Å². The van der Waals surface area contributed by atoms with E-state index in [1.165, 1.54) is 11.1 Å². The van der Waals surface area contributed by atoms with Crippen LogP contribution >= 0.6 is 0 Å². The van der Waals surface area contributed by atoms with Crippen LogP contribution in [-0.4, -0.2) is 56.9 Å². The Morgan fingerprint density at radius 3 is 1.55 bits per heavy atom. The van der Waals surface area contributed by atoms with Crippen molar-refractivity contribution in [2.24, 2.45) is 0 Å². The molecule has 0 atom stereocenters. The summed E-state index contributed by atoms with van der Waals surface area (Å²) >= 11 is 0. The van der Waals surface area contributed by atoms with Crippen molar-refractivity contribution in [1.29, 1.82) is 0 Å². The molecule has 0 fully saturated rings. The normalized spacial score (nSPS) is 11.2. The number of aromatic amines is 2. The van der Waals surface area contributed by atoms with Crippen molar-refractivity contribution in [3.8, 4) is 11.4 Å². The third-order valence-electron chi connectivity index (χ3n) is 9.14. The Morgan fingerprint density at radius 2 is 1.07 bits per heavy atom. The van der Waals surface area contributed by atoms with Crippen LogP contribution in [0.3, 0.4) is 0 Å². The number of anilines is 2. The number of aryl methyl sites for hydroxylation is 2. The summed E-state index contributed by atoms with van der Waals surface area (Å²) in [6, 6.07) is 34.8. The highest BCUT2D eigenvalue weighted by molar-refractivity contribution is 6.11. The largest absolute Gasteiger partial charge is 0.476 e. The minimum atomic E-state index is -1.01. The minimum Gasteiger partial charge on any atom is -0.476 e. The van der Waals surface area contributed by atoms with Gasteiger partial charge in [0, 0.05) is 33.7 Å². The number of aromatic carboxylic acids is 1. The van der Waals surface area contributed by atoms with Gasteiger partial charge in [0.25, 0.3) is 5.91 Å². The summed E-state index contributed by atoms with van der Waals surface area (Å²) < 4.78 is 3.56. The molecule has 13 nitrogen and oxygen atoms in total. The third kappa shape index (κ3) is 9.49. The van der Waals surface area contributed by atoms with E-state index in [2.05, 4.69) is 91.4 Å². The van der Waals surface area contributed by atoms with Crippen LogP contribution in [0.1, 0.15) is 92.5 Å². The maximum Gasteiger partial charge on any atom is 0.357 e. The van der Waals surface area contributed by atoms with Crippen molar-refractivity contribution in [3.63, 3.8) is 0 Å². The number of nitrogens with zero attached hydrogens (tertiary/aromatic N) is 6. The smallest absolute Gasteiger partial charge is 0.357 e. The van der Waals surface area contributed by atoms with Crippen LogP contribution in [0.2, 0.25) is 0 Å². The monoisotopic (exact) mass is 780 g/mol. The average Bonchev–Trinajstić information content (AvgIpc) is 3.97. The molecule has 13 heteroatoms. The molecule has 8 rings (SSSR count). The maximum absolute atomic E-state index is 13.0. The molecule has 4 aromatic carbocycles. The molecule has 4 heterocycles. The molecular weight excluding hydrogens is 729 g/mol. The summed E-state index contributed by atoms with van der Waals surface area (Å²) in [5, 5.41) is 35.8. The van der Waals surface area contributed by atoms with Crippen molar-refractivity contribution in [1.82, 2.24) is 40.0 Å². The SMILES string of the molecule is C.Cc1ccc(-n2nc(C(C)(C)C)cc2N)cc1.Cc1ccc(-n2nc(C(C)(C)C)cc2NC(=O)c2n[nH]c3ccccc23)cc1.O=C(O)c1n[nH]c2ccccc12. The molecular formula is C45H52N10O3. The summed E-state index contributed by atoms with van der Waals surface area (Å²) in [5.41, 5.74) is 14.1. The quantitative estimate of drug-likeness (QED) is 0.114. The van der Waals surface area contributed by atoms with E-state index in [-0.39, 0.29) is 29.9 Å². The predicted octanol–water partition coefficient (Wildman–Crippen LogP) is 9.56. The fourth-order valence-electron chi connectivity index (χ4n) is 5.81. The van der Waals surface area contributed by atoms with Crippen molar-refractivity contribution in [2.75, 3.05) is 11.1 Å². The lowest BCUT2D eigenvalue weighted by molar-refractivity contribution is 0.0692. The molecule has 4 aromatic heterocycles. The average molecular weight is 781 g/mol. The molecule has 58 heavy (non-hydrogen) atoms. The molecule has 0 aliphatic heterocycles. The van der Waals surface area contributed by atoms with Crippen LogP contribution in [0.15, 0.2) is 109 Å². The molecule has 1 amide bonds. The summed E-state index contributed by atoms with van der Waals surface area (Å²) in [5.74, 6) is 0.0169. The number of nitrogens with two attached hydrogens (primary N) is 1. The second-order valence-corrected chi connectivity index (χ2v) is 15.9. The highest BCUT2D eigenvalue weighted by Gasteiger charge is 2.23. The Balaban J connectivity index is 0.000000181. The Bertz CT molecular complexity index is 2650. The van der Waals surface area contributed by atoms with Gasteiger partial charge in [0.1, 0.15) is 11.6 Å². The summed E-state index contributed by atoms with van der Waals surface area (Å²) in [6.07, 6.45) is 0. The number of nitrogens with one attached hydrogen (secondary N) is 3. The number of benzene rings is 4. The zero-order valence-corrected chi connectivity index (χ0v) is 33.4. The standard InChI is InChI=1S/C22H23N5O.C14H19N3.C8H6N2O2.CH4/c1-14-9-11-15(12-10-14)27-19(13-18(26-27)22(2,3)4)23-21(28)20-16-7-5-6-8-17(16)24-25-20;1-10-5-7-11(8-6-10)17-13(15)9-12(16-17)14(2,3)4;11-8(12)7-5-3-1-2-4-6(5)9-10-7;/h5-13H,1-4H3,(H,23,28)(H,24,25);5-9H,15H2,1-4H3;1-4H,(H,9,10)(H,11,12);1H4. The summed E-state index contributed by atoms with van der Waals surface area (Å²) in [6.45, 7) is 16.8. The lowest BCUT2D eigenvalue weighted by Crippen LogP contribution is -2.16. The summed E-state index contributed by atoms with van der Waals surface area (Å²) in [4.78, 5) is 23.5. The van der Waals surface area contributed by atoms with Gasteiger partial charge in [-0.2, -0.15) is 20.4 Å². The first-order valence-corrected chi connectivity index (χ1v) is 18.5. The number of nitrogen functional groups attached to an aromatic ring is 1. The number of carbonyl (C=O) groups is 2. The van der Waals surface area contributed by atoms with Crippen molar-refractivity contribution in [3.05, 3.63) is 143 Å². The van der Waals surface area contributed by atoms with E-state index in [0.29, 0.717) is 22.7 Å². The molecule has 6 N–H and O–H groups in total. The van der Waals surface area contributed by atoms with Crippen LogP contribution < -0.4 is 11.1 Å². The van der Waals surface area contributed by atoms with Crippen LogP contribution in [0.25, 0.3) is 33.2 Å². The van der Waals surface area contributed by atoms with E-state index in [1.54, 1.807) is 27.6 Å². The Kier molecular flexibility index (Phi) is 12.3. The highest BCUT2D eigenvalue weighted by atomic mass is 16.4. The number of rotatable bonds is 5. The molecule has 0 radical (unpaired) electrons. The van der Waals surface area contributed by atoms with E-state index in [4.69, 9.17) is 15.9 Å².